The summed E-state index contributed by atoms with van der Waals surface area (Å²) >= 11 is 1.70. The Bertz CT molecular complexity index is 794. The molecule has 0 saturated heterocycles. The van der Waals surface area contributed by atoms with Crippen LogP contribution in [-0.2, 0) is 19.5 Å². The van der Waals surface area contributed by atoms with E-state index in [1.165, 1.54) is 40.8 Å². The van der Waals surface area contributed by atoms with Gasteiger partial charge in [0.15, 0.2) is 0 Å². The lowest BCUT2D eigenvalue weighted by atomic mass is 9.97. The third kappa shape index (κ3) is 3.35. The van der Waals surface area contributed by atoms with Gasteiger partial charge in [0.05, 0.1) is 5.69 Å². The van der Waals surface area contributed by atoms with Gasteiger partial charge in [-0.1, -0.05) is 18.2 Å². The minimum Gasteiger partial charge on any atom is -0.385 e. The number of anilines is 1. The van der Waals surface area contributed by atoms with Crippen molar-refractivity contribution in [1.29, 1.82) is 0 Å². The van der Waals surface area contributed by atoms with Crippen molar-refractivity contribution in [3.63, 3.8) is 0 Å². The van der Waals surface area contributed by atoms with Crippen molar-refractivity contribution < 1.29 is 0 Å². The molecule has 0 radical (unpaired) electrons. The first-order chi connectivity index (χ1) is 11.9. The number of nitrogens with zero attached hydrogens (tertiary/aromatic N) is 1. The molecule has 3 aromatic rings. The van der Waals surface area contributed by atoms with Crippen LogP contribution in [0.15, 0.2) is 53.4 Å². The van der Waals surface area contributed by atoms with Crippen LogP contribution in [0.3, 0.4) is 0 Å². The summed E-state index contributed by atoms with van der Waals surface area (Å²) in [5.74, 6) is 0. The molecule has 1 aromatic carbocycles. The predicted octanol–water partition coefficient (Wildman–Crippen LogP) is 4.46. The van der Waals surface area contributed by atoms with Crippen LogP contribution in [0.4, 0.5) is 5.69 Å². The van der Waals surface area contributed by atoms with E-state index in [2.05, 4.69) is 62.8 Å². The van der Waals surface area contributed by atoms with Gasteiger partial charge in [0.25, 0.3) is 0 Å². The maximum atomic E-state index is 4.57. The quantitative estimate of drug-likeness (QED) is 0.723. The Balaban J connectivity index is 1.38. The minimum absolute atomic E-state index is 0.841. The number of thiophene rings is 1. The summed E-state index contributed by atoms with van der Waals surface area (Å²) in [5, 5.41) is 11.3. The summed E-state index contributed by atoms with van der Waals surface area (Å²) in [6.45, 7) is 2.83. The van der Waals surface area contributed by atoms with Crippen LogP contribution in [0.1, 0.15) is 23.1 Å². The van der Waals surface area contributed by atoms with Crippen molar-refractivity contribution in [3.8, 4) is 11.3 Å². The smallest absolute Gasteiger partial charge is 0.0710 e. The summed E-state index contributed by atoms with van der Waals surface area (Å²) in [5.41, 5.74) is 7.65. The molecule has 0 atom stereocenters. The highest BCUT2D eigenvalue weighted by molar-refractivity contribution is 7.08. The summed E-state index contributed by atoms with van der Waals surface area (Å²) < 4.78 is 0. The number of aromatic nitrogens is 1. The molecule has 2 aromatic heterocycles. The lowest BCUT2D eigenvalue weighted by Crippen LogP contribution is -2.18. The lowest BCUT2D eigenvalue weighted by Gasteiger charge is -2.21. The minimum atomic E-state index is 0.841. The number of fused-ring (bicyclic) bond motifs is 1. The Morgan fingerprint density at radius 1 is 1.12 bits per heavy atom. The van der Waals surface area contributed by atoms with E-state index in [4.69, 9.17) is 0 Å². The molecule has 4 heteroatoms. The fraction of sp³-hybridized carbons (Fsp3) is 0.250. The molecule has 0 saturated carbocycles. The average molecular weight is 335 g/mol. The van der Waals surface area contributed by atoms with Crippen LogP contribution in [0.5, 0.6) is 0 Å². The second-order valence-electron chi connectivity index (χ2n) is 6.14. The van der Waals surface area contributed by atoms with Crippen LogP contribution in [0.25, 0.3) is 11.3 Å². The molecule has 24 heavy (non-hydrogen) atoms. The summed E-state index contributed by atoms with van der Waals surface area (Å²) in [4.78, 5) is 4.57. The van der Waals surface area contributed by atoms with Gasteiger partial charge >= 0.3 is 0 Å². The third-order valence-corrected chi connectivity index (χ3v) is 5.16. The number of benzene rings is 1. The van der Waals surface area contributed by atoms with E-state index in [1.54, 1.807) is 11.3 Å². The number of rotatable bonds is 5. The van der Waals surface area contributed by atoms with Crippen molar-refractivity contribution in [2.24, 2.45) is 0 Å². The van der Waals surface area contributed by atoms with E-state index < -0.39 is 0 Å². The normalized spacial score (nSPS) is 13.3. The second-order valence-corrected chi connectivity index (χ2v) is 6.92. The third-order valence-electron chi connectivity index (χ3n) is 4.48. The SMILES string of the molecule is c1cc(CNCc2ccc(-c3ccsc3)nc2)c2c(c1)NCCC2. The molecule has 0 amide bonds. The van der Waals surface area contributed by atoms with Crippen molar-refractivity contribution in [3.05, 3.63) is 70.0 Å². The van der Waals surface area contributed by atoms with Gasteiger partial charge in [0, 0.05) is 42.5 Å². The molecule has 0 bridgehead atoms. The Hall–Kier alpha value is -2.17. The fourth-order valence-electron chi connectivity index (χ4n) is 3.20. The van der Waals surface area contributed by atoms with Gasteiger partial charge in [-0.3, -0.25) is 4.98 Å². The van der Waals surface area contributed by atoms with Crippen LogP contribution in [0.2, 0.25) is 0 Å². The first kappa shape index (κ1) is 15.4. The molecule has 0 fully saturated rings. The molecular formula is C20H21N3S. The van der Waals surface area contributed by atoms with Crippen molar-refractivity contribution in [2.45, 2.75) is 25.9 Å². The van der Waals surface area contributed by atoms with Crippen molar-refractivity contribution >= 4 is 17.0 Å². The highest BCUT2D eigenvalue weighted by Crippen LogP contribution is 2.25. The van der Waals surface area contributed by atoms with Gasteiger partial charge < -0.3 is 10.6 Å². The molecule has 3 heterocycles. The molecule has 1 aliphatic rings. The van der Waals surface area contributed by atoms with Gasteiger partial charge in [0.2, 0.25) is 0 Å². The lowest BCUT2D eigenvalue weighted by molar-refractivity contribution is 0.681. The van der Waals surface area contributed by atoms with E-state index in [-0.39, 0.29) is 0 Å². The van der Waals surface area contributed by atoms with E-state index in [9.17, 15) is 0 Å². The summed E-state index contributed by atoms with van der Waals surface area (Å²) in [6.07, 6.45) is 4.37. The van der Waals surface area contributed by atoms with Gasteiger partial charge in [0.1, 0.15) is 0 Å². The van der Waals surface area contributed by atoms with Crippen LogP contribution in [0, 0.1) is 0 Å². The van der Waals surface area contributed by atoms with Gasteiger partial charge in [-0.25, -0.2) is 0 Å². The van der Waals surface area contributed by atoms with Crippen LogP contribution in [-0.4, -0.2) is 11.5 Å². The number of pyridine rings is 1. The topological polar surface area (TPSA) is 37.0 Å². The highest BCUT2D eigenvalue weighted by atomic mass is 32.1. The monoisotopic (exact) mass is 335 g/mol. The summed E-state index contributed by atoms with van der Waals surface area (Å²) in [6, 6.07) is 12.9. The zero-order valence-corrected chi connectivity index (χ0v) is 14.4. The maximum absolute atomic E-state index is 4.57. The molecule has 0 spiro atoms. The zero-order chi connectivity index (χ0) is 16.2. The van der Waals surface area contributed by atoms with E-state index in [1.807, 2.05) is 6.20 Å². The van der Waals surface area contributed by atoms with Crippen LogP contribution >= 0.6 is 11.3 Å². The molecule has 4 rings (SSSR count). The number of hydrogen-bond donors (Lipinski definition) is 2. The average Bonchev–Trinajstić information content (AvgIpc) is 3.17. The molecule has 0 aliphatic carbocycles. The van der Waals surface area contributed by atoms with Crippen LogP contribution < -0.4 is 10.6 Å². The van der Waals surface area contributed by atoms with Gasteiger partial charge in [-0.2, -0.15) is 11.3 Å². The largest absolute Gasteiger partial charge is 0.385 e. The molecule has 122 valence electrons. The van der Waals surface area contributed by atoms with Gasteiger partial charge in [-0.15, -0.1) is 0 Å². The fourth-order valence-corrected chi connectivity index (χ4v) is 3.85. The maximum Gasteiger partial charge on any atom is 0.0710 e. The molecule has 2 N–H and O–H groups in total. The highest BCUT2D eigenvalue weighted by Gasteiger charge is 2.11. The van der Waals surface area contributed by atoms with Crippen molar-refractivity contribution in [2.75, 3.05) is 11.9 Å². The second kappa shape index (κ2) is 7.16. The summed E-state index contributed by atoms with van der Waals surface area (Å²) in [7, 11) is 0. The Morgan fingerprint density at radius 3 is 2.96 bits per heavy atom. The molecular weight excluding hydrogens is 314 g/mol. The molecule has 3 nitrogen and oxygen atoms in total. The Kier molecular flexibility index (Phi) is 4.58. The zero-order valence-electron chi connectivity index (χ0n) is 13.6. The van der Waals surface area contributed by atoms with Crippen molar-refractivity contribution in [1.82, 2.24) is 10.3 Å². The predicted molar refractivity (Wildman–Crippen MR) is 101 cm³/mol. The first-order valence-corrected chi connectivity index (χ1v) is 9.37. The molecule has 0 unspecified atom stereocenters. The van der Waals surface area contributed by atoms with E-state index in [0.29, 0.717) is 0 Å². The first-order valence-electron chi connectivity index (χ1n) is 8.43. The van der Waals surface area contributed by atoms with E-state index in [0.717, 1.165) is 25.3 Å². The standard InChI is InChI=1S/C20H21N3S/c1-3-16(18-4-2-9-22-20(18)5-1)13-21-11-15-6-7-19(23-12-15)17-8-10-24-14-17/h1,3,5-8,10,12,14,21-22H,2,4,9,11,13H2. The number of nitrogens with one attached hydrogen (secondary N) is 2. The van der Waals surface area contributed by atoms with E-state index >= 15 is 0 Å². The Morgan fingerprint density at radius 2 is 2.12 bits per heavy atom. The van der Waals surface area contributed by atoms with Gasteiger partial charge in [-0.05, 0) is 53.1 Å². The Labute approximate surface area is 146 Å². The number of hydrogen-bond acceptors (Lipinski definition) is 4. The molecule has 1 aliphatic heterocycles.